The number of anilines is 1. The Bertz CT molecular complexity index is 1140. The van der Waals surface area contributed by atoms with Gasteiger partial charge in [0.05, 0.1) is 0 Å². The van der Waals surface area contributed by atoms with Crippen molar-refractivity contribution in [3.05, 3.63) is 64.2 Å². The average Bonchev–Trinajstić information content (AvgIpc) is 2.96. The van der Waals surface area contributed by atoms with Gasteiger partial charge in [0.2, 0.25) is 0 Å². The topological polar surface area (TPSA) is 72.3 Å². The van der Waals surface area contributed by atoms with Crippen molar-refractivity contribution in [2.24, 2.45) is 3.21 Å². The summed E-state index contributed by atoms with van der Waals surface area (Å²) in [6, 6.07) is 8.10. The number of nitrogens with zero attached hydrogens (tertiary/aromatic N) is 4. The van der Waals surface area contributed by atoms with Crippen molar-refractivity contribution in [3.8, 4) is 17.0 Å². The average molecular weight is 498 g/mol. The molecular weight excluding hydrogens is 477 g/mol. The van der Waals surface area contributed by atoms with Gasteiger partial charge in [-0.3, -0.25) is 0 Å². The summed E-state index contributed by atoms with van der Waals surface area (Å²) in [4.78, 5) is 13.5. The van der Waals surface area contributed by atoms with Gasteiger partial charge in [-0.2, -0.15) is 0 Å². The molecule has 7 heteroatoms. The SMILES string of the molecule is COc1cc(-c2ccc(C)cn2)cc2c(NCC3=C[I-]N=C(C)C=C3)ncnc12. The van der Waals surface area contributed by atoms with Crippen molar-refractivity contribution < 1.29 is 26.2 Å². The van der Waals surface area contributed by atoms with Gasteiger partial charge in [0.15, 0.2) is 0 Å². The van der Waals surface area contributed by atoms with Crippen LogP contribution in [0.4, 0.5) is 5.82 Å². The van der Waals surface area contributed by atoms with Crippen molar-refractivity contribution in [1.29, 1.82) is 0 Å². The molecule has 1 N–H and O–H groups in total. The number of aromatic nitrogens is 3. The molecule has 0 aliphatic carbocycles. The summed E-state index contributed by atoms with van der Waals surface area (Å²) in [7, 11) is 1.66. The Kier molecular flexibility index (Phi) is 5.84. The van der Waals surface area contributed by atoms with Gasteiger partial charge in [-0.15, -0.1) is 0 Å². The number of hydrogen-bond donors (Lipinski definition) is 1. The van der Waals surface area contributed by atoms with E-state index in [-0.39, 0.29) is 21.5 Å². The molecule has 0 saturated carbocycles. The summed E-state index contributed by atoms with van der Waals surface area (Å²) in [6.45, 7) is 4.74. The van der Waals surface area contributed by atoms with Crippen molar-refractivity contribution in [1.82, 2.24) is 15.0 Å². The number of aryl methyl sites for hydroxylation is 1. The first-order valence-electron chi connectivity index (χ1n) is 9.18. The summed E-state index contributed by atoms with van der Waals surface area (Å²) in [5.74, 6) is 1.48. The van der Waals surface area contributed by atoms with Gasteiger partial charge in [-0.1, -0.05) is 0 Å². The number of ether oxygens (including phenoxy) is 1. The number of methoxy groups -OCH3 is 1. The molecule has 3 heterocycles. The normalized spacial score (nSPS) is 13.9. The van der Waals surface area contributed by atoms with Crippen LogP contribution in [0.1, 0.15) is 12.5 Å². The minimum absolute atomic E-state index is 0.296. The fourth-order valence-electron chi connectivity index (χ4n) is 2.96. The maximum absolute atomic E-state index is 5.61. The molecule has 0 fully saturated rings. The predicted octanol–water partition coefficient (Wildman–Crippen LogP) is 1.34. The van der Waals surface area contributed by atoms with Crippen molar-refractivity contribution in [3.63, 3.8) is 0 Å². The second-order valence-electron chi connectivity index (χ2n) is 6.71. The standard InChI is InChI=1S/C22H21IN5O/c1-14-4-7-19(24-11-14)17-8-18-21(20(9-17)29-3)26-13-27-22(18)25-12-16-6-5-15(2)28-23-10-16/h4-11,13H,12H2,1-3H3,(H,25,26,27)/q-1. The number of fused-ring (bicyclic) bond motifs is 1. The van der Waals surface area contributed by atoms with Crippen LogP contribution in [0.15, 0.2) is 61.8 Å². The molecule has 0 unspecified atom stereocenters. The number of allylic oxidation sites excluding steroid dienone is 1. The Morgan fingerprint density at radius 2 is 1.97 bits per heavy atom. The van der Waals surface area contributed by atoms with Crippen molar-refractivity contribution >= 4 is 22.4 Å². The molecule has 0 radical (unpaired) electrons. The van der Waals surface area contributed by atoms with E-state index in [1.54, 1.807) is 13.4 Å². The van der Waals surface area contributed by atoms with Crippen LogP contribution in [0.5, 0.6) is 5.75 Å². The van der Waals surface area contributed by atoms with E-state index in [0.29, 0.717) is 12.3 Å². The first kappa shape index (κ1) is 19.5. The molecule has 29 heavy (non-hydrogen) atoms. The molecule has 1 aliphatic rings. The zero-order valence-corrected chi connectivity index (χ0v) is 18.6. The maximum atomic E-state index is 5.61. The van der Waals surface area contributed by atoms with Crippen LogP contribution in [-0.4, -0.2) is 34.3 Å². The molecule has 3 aromatic rings. The third kappa shape index (κ3) is 4.45. The van der Waals surface area contributed by atoms with E-state index in [1.165, 1.54) is 5.57 Å². The van der Waals surface area contributed by atoms with Gasteiger partial charge in [0.25, 0.3) is 0 Å². The van der Waals surface area contributed by atoms with Crippen LogP contribution >= 0.6 is 0 Å². The number of benzene rings is 1. The number of hydrogen-bond acceptors (Lipinski definition) is 6. The Morgan fingerprint density at radius 3 is 2.76 bits per heavy atom. The van der Waals surface area contributed by atoms with Crippen LogP contribution in [0.2, 0.25) is 0 Å². The van der Waals surface area contributed by atoms with Gasteiger partial charge >= 0.3 is 174 Å². The first-order valence-corrected chi connectivity index (χ1v) is 11.4. The molecule has 0 atom stereocenters. The number of rotatable bonds is 5. The number of halogens is 1. The zero-order valence-electron chi connectivity index (χ0n) is 16.5. The molecule has 0 spiro atoms. The molecule has 4 rings (SSSR count). The zero-order chi connectivity index (χ0) is 20.2. The molecular formula is C22H21IN5O-. The molecule has 1 aromatic carbocycles. The van der Waals surface area contributed by atoms with Gasteiger partial charge in [0, 0.05) is 0 Å². The fraction of sp³-hybridized carbons (Fsp3) is 0.182. The van der Waals surface area contributed by atoms with E-state index >= 15 is 0 Å². The monoisotopic (exact) mass is 498 g/mol. The van der Waals surface area contributed by atoms with E-state index in [4.69, 9.17) is 4.74 Å². The van der Waals surface area contributed by atoms with Crippen LogP contribution in [0.25, 0.3) is 22.2 Å². The van der Waals surface area contributed by atoms with Crippen molar-refractivity contribution in [2.75, 3.05) is 19.0 Å². The number of pyridine rings is 1. The van der Waals surface area contributed by atoms with Crippen LogP contribution < -0.4 is 31.5 Å². The molecule has 1 aliphatic heterocycles. The Hall–Kier alpha value is -2.81. The third-order valence-corrected chi connectivity index (χ3v) is 6.62. The Balaban J connectivity index is 1.70. The van der Waals surface area contributed by atoms with Crippen LogP contribution in [0.3, 0.4) is 0 Å². The van der Waals surface area contributed by atoms with Gasteiger partial charge < -0.3 is 0 Å². The molecule has 0 saturated heterocycles. The number of nitrogens with one attached hydrogen (secondary N) is 1. The van der Waals surface area contributed by atoms with Crippen LogP contribution in [0, 0.1) is 6.92 Å². The van der Waals surface area contributed by atoms with Gasteiger partial charge in [-0.05, 0) is 6.92 Å². The summed E-state index contributed by atoms with van der Waals surface area (Å²) in [5.41, 5.74) is 6.05. The molecule has 0 bridgehead atoms. The summed E-state index contributed by atoms with van der Waals surface area (Å²) in [5, 5.41) is 4.37. The minimum atomic E-state index is -0.296. The van der Waals surface area contributed by atoms with E-state index < -0.39 is 0 Å². The molecule has 148 valence electrons. The molecule has 6 nitrogen and oxygen atoms in total. The summed E-state index contributed by atoms with van der Waals surface area (Å²) < 4.78 is 12.4. The Labute approximate surface area is 180 Å². The second-order valence-corrected chi connectivity index (χ2v) is 8.37. The quantitative estimate of drug-likeness (QED) is 0.538. The first-order chi connectivity index (χ1) is 14.1. The predicted molar refractivity (Wildman–Crippen MR) is 113 cm³/mol. The molecule has 2 aromatic heterocycles. The fourth-order valence-corrected chi connectivity index (χ4v) is 4.48. The van der Waals surface area contributed by atoms with Gasteiger partial charge in [-0.25, -0.2) is 0 Å². The summed E-state index contributed by atoms with van der Waals surface area (Å²) >= 11 is -0.296. The van der Waals surface area contributed by atoms with Crippen LogP contribution in [-0.2, 0) is 0 Å². The Morgan fingerprint density at radius 1 is 1.07 bits per heavy atom. The molecule has 0 amide bonds. The van der Waals surface area contributed by atoms with E-state index in [1.807, 2.05) is 32.2 Å². The van der Waals surface area contributed by atoms with E-state index in [9.17, 15) is 0 Å². The summed E-state index contributed by atoms with van der Waals surface area (Å²) in [6.07, 6.45) is 7.60. The van der Waals surface area contributed by atoms with Gasteiger partial charge in [0.1, 0.15) is 0 Å². The van der Waals surface area contributed by atoms with E-state index in [2.05, 4.69) is 51.8 Å². The van der Waals surface area contributed by atoms with E-state index in [0.717, 1.165) is 39.3 Å². The second kappa shape index (κ2) is 8.69. The van der Waals surface area contributed by atoms with Crippen molar-refractivity contribution in [2.45, 2.75) is 13.8 Å². The third-order valence-electron chi connectivity index (χ3n) is 4.50.